The molecule has 0 atom stereocenters. The van der Waals surface area contributed by atoms with Gasteiger partial charge >= 0.3 is 17.7 Å². The predicted molar refractivity (Wildman–Crippen MR) is 143 cm³/mol. The van der Waals surface area contributed by atoms with E-state index in [0.29, 0.717) is 9.36 Å². The van der Waals surface area contributed by atoms with Gasteiger partial charge in [-0.25, -0.2) is 18.8 Å². The summed E-state index contributed by atoms with van der Waals surface area (Å²) in [6, 6.07) is 15.8. The van der Waals surface area contributed by atoms with Crippen molar-refractivity contribution in [1.82, 2.24) is 19.8 Å². The molecule has 1 heterocycles. The van der Waals surface area contributed by atoms with E-state index >= 15 is 0 Å². The average molecular weight is 548 g/mol. The van der Waals surface area contributed by atoms with Crippen molar-refractivity contribution >= 4 is 23.5 Å². The zero-order valence-corrected chi connectivity index (χ0v) is 22.2. The third-order valence-electron chi connectivity index (χ3n) is 5.96. The molecule has 1 amide bonds. The van der Waals surface area contributed by atoms with E-state index in [1.807, 2.05) is 30.3 Å². The van der Waals surface area contributed by atoms with Gasteiger partial charge in [-0.05, 0) is 67.1 Å². The highest BCUT2D eigenvalue weighted by Crippen LogP contribution is 2.28. The number of hydrogen-bond donors (Lipinski definition) is 0. The van der Waals surface area contributed by atoms with E-state index in [-0.39, 0.29) is 29.2 Å². The molecule has 0 saturated carbocycles. The van der Waals surface area contributed by atoms with Crippen LogP contribution < -0.4 is 15.3 Å². The number of ketones is 1. The zero-order chi connectivity index (χ0) is 29.0. The van der Waals surface area contributed by atoms with Gasteiger partial charge in [0.25, 0.3) is 0 Å². The second-order valence-electron chi connectivity index (χ2n) is 8.97. The predicted octanol–water partition coefficient (Wildman–Crippen LogP) is 4.02. The normalized spacial score (nSPS) is 10.8. The van der Waals surface area contributed by atoms with Gasteiger partial charge < -0.3 is 9.47 Å². The summed E-state index contributed by atoms with van der Waals surface area (Å²) < 4.78 is 26.4. The fraction of sp³-hybridized carbons (Fsp3) is 0.214. The fourth-order valence-electron chi connectivity index (χ4n) is 4.06. The second-order valence-corrected chi connectivity index (χ2v) is 8.97. The highest BCUT2D eigenvalue weighted by molar-refractivity contribution is 5.99. The van der Waals surface area contributed by atoms with E-state index in [2.05, 4.69) is 10.4 Å². The molecule has 0 aliphatic carbocycles. The molecular formula is C28H26FN5O6. The summed E-state index contributed by atoms with van der Waals surface area (Å²) in [4.78, 5) is 52.9. The number of tetrazole rings is 1. The largest absolute Gasteiger partial charge is 0.496 e. The van der Waals surface area contributed by atoms with Crippen molar-refractivity contribution < 1.29 is 28.2 Å². The maximum absolute atomic E-state index is 14.7. The maximum Gasteiger partial charge on any atom is 0.377 e. The molecule has 4 aromatic rings. The lowest BCUT2D eigenvalue weighted by Gasteiger charge is -2.26. The van der Waals surface area contributed by atoms with Crippen molar-refractivity contribution in [2.24, 2.45) is 0 Å². The Hall–Kier alpha value is -5.13. The monoisotopic (exact) mass is 547 g/mol. The first-order chi connectivity index (χ1) is 19.1. The molecule has 0 aliphatic heterocycles. The van der Waals surface area contributed by atoms with Crippen LogP contribution in [0.15, 0.2) is 71.5 Å². The van der Waals surface area contributed by atoms with Gasteiger partial charge in [-0.15, -0.1) is 4.68 Å². The number of Topliss-reactive ketones (excluding diaryl/α,β-unsaturated/α-hetero) is 1. The van der Waals surface area contributed by atoms with Crippen LogP contribution >= 0.6 is 0 Å². The molecule has 1 aromatic heterocycles. The third kappa shape index (κ3) is 5.51. The number of nitrogens with zero attached hydrogens (tertiary/aromatic N) is 5. The van der Waals surface area contributed by atoms with E-state index in [0.717, 1.165) is 11.6 Å². The summed E-state index contributed by atoms with van der Waals surface area (Å²) in [5.41, 5.74) is -0.513. The van der Waals surface area contributed by atoms with Crippen molar-refractivity contribution in [1.29, 1.82) is 0 Å². The van der Waals surface area contributed by atoms with Gasteiger partial charge in [-0.2, -0.15) is 4.68 Å². The summed E-state index contributed by atoms with van der Waals surface area (Å²) in [5, 5.41) is 7.30. The number of methoxy groups -OCH3 is 1. The molecule has 0 saturated heterocycles. The van der Waals surface area contributed by atoms with Gasteiger partial charge in [0.2, 0.25) is 0 Å². The van der Waals surface area contributed by atoms with Gasteiger partial charge in [0.1, 0.15) is 29.4 Å². The fourth-order valence-corrected chi connectivity index (χ4v) is 4.06. The number of anilines is 1. The molecule has 0 fully saturated rings. The van der Waals surface area contributed by atoms with Gasteiger partial charge in [-0.3, -0.25) is 9.69 Å². The van der Waals surface area contributed by atoms with E-state index in [1.54, 1.807) is 13.8 Å². The Morgan fingerprint density at radius 2 is 1.70 bits per heavy atom. The van der Waals surface area contributed by atoms with Crippen LogP contribution in [0.25, 0.3) is 5.69 Å². The number of amides is 1. The number of benzene rings is 3. The standard InChI is InChI=1S/C28H26FN5O6/c1-17(2)32(20-13-14-24(39-4)22(15-20)26(36)40-16-19-9-6-5-7-10-19)27(37)34-28(38)33(30-31-34)25-21(18(3)35)11-8-12-23(25)29/h5-15,17H,16H2,1-4H3. The maximum atomic E-state index is 14.7. The summed E-state index contributed by atoms with van der Waals surface area (Å²) in [7, 11) is 1.39. The average Bonchev–Trinajstić information content (AvgIpc) is 3.32. The van der Waals surface area contributed by atoms with Crippen LogP contribution in [0.5, 0.6) is 5.75 Å². The van der Waals surface area contributed by atoms with E-state index in [9.17, 15) is 23.6 Å². The van der Waals surface area contributed by atoms with Crippen LogP contribution in [0.4, 0.5) is 14.9 Å². The minimum absolute atomic E-state index is 0.0245. The van der Waals surface area contributed by atoms with Crippen LogP contribution in [0, 0.1) is 5.82 Å². The van der Waals surface area contributed by atoms with Gasteiger partial charge in [0.15, 0.2) is 5.78 Å². The van der Waals surface area contributed by atoms with Crippen molar-refractivity contribution in [3.8, 4) is 11.4 Å². The minimum Gasteiger partial charge on any atom is -0.496 e. The summed E-state index contributed by atoms with van der Waals surface area (Å²) in [6.07, 6.45) is 0. The SMILES string of the molecule is COc1ccc(N(C(=O)n2nnn(-c3c(F)cccc3C(C)=O)c2=O)C(C)C)cc1C(=O)OCc1ccccc1. The molecule has 4 rings (SSSR count). The third-order valence-corrected chi connectivity index (χ3v) is 5.96. The van der Waals surface area contributed by atoms with E-state index in [1.165, 1.54) is 49.3 Å². The Bertz CT molecular complexity index is 1630. The molecular weight excluding hydrogens is 521 g/mol. The quantitative estimate of drug-likeness (QED) is 0.184. The Morgan fingerprint density at radius 1 is 0.975 bits per heavy atom. The first kappa shape index (κ1) is 27.9. The molecule has 0 aliphatic rings. The second kappa shape index (κ2) is 11.7. The summed E-state index contributed by atoms with van der Waals surface area (Å²) in [5.74, 6) is -1.85. The van der Waals surface area contributed by atoms with Crippen LogP contribution in [0.1, 0.15) is 47.1 Å². The first-order valence-corrected chi connectivity index (χ1v) is 12.2. The number of hydrogen-bond acceptors (Lipinski definition) is 8. The molecule has 40 heavy (non-hydrogen) atoms. The van der Waals surface area contributed by atoms with Crippen molar-refractivity contribution in [3.63, 3.8) is 0 Å². The number of para-hydroxylation sites is 1. The minimum atomic E-state index is -1.08. The van der Waals surface area contributed by atoms with Crippen molar-refractivity contribution in [3.05, 3.63) is 99.7 Å². The number of rotatable bonds is 8. The molecule has 11 nitrogen and oxygen atoms in total. The number of carbonyl (C=O) groups is 3. The highest BCUT2D eigenvalue weighted by Gasteiger charge is 2.28. The molecule has 206 valence electrons. The van der Waals surface area contributed by atoms with Crippen LogP contribution in [-0.2, 0) is 11.3 Å². The number of aromatic nitrogens is 4. The molecule has 0 unspecified atom stereocenters. The van der Waals surface area contributed by atoms with Crippen LogP contribution in [-0.4, -0.2) is 50.7 Å². The molecule has 0 spiro atoms. The van der Waals surface area contributed by atoms with Crippen molar-refractivity contribution in [2.75, 3.05) is 12.0 Å². The number of carbonyl (C=O) groups excluding carboxylic acids is 3. The smallest absolute Gasteiger partial charge is 0.377 e. The van der Waals surface area contributed by atoms with Crippen molar-refractivity contribution in [2.45, 2.75) is 33.4 Å². The Kier molecular flexibility index (Phi) is 8.18. The van der Waals surface area contributed by atoms with Crippen LogP contribution in [0.2, 0.25) is 0 Å². The lowest BCUT2D eigenvalue weighted by molar-refractivity contribution is 0.0469. The van der Waals surface area contributed by atoms with E-state index < -0.39 is 41.0 Å². The zero-order valence-electron chi connectivity index (χ0n) is 22.2. The lowest BCUT2D eigenvalue weighted by Crippen LogP contribution is -2.44. The summed E-state index contributed by atoms with van der Waals surface area (Å²) in [6.45, 7) is 4.62. The molecule has 0 N–H and O–H groups in total. The Morgan fingerprint density at radius 3 is 2.35 bits per heavy atom. The van der Waals surface area contributed by atoms with Gasteiger partial charge in [0, 0.05) is 17.3 Å². The first-order valence-electron chi connectivity index (χ1n) is 12.2. The van der Waals surface area contributed by atoms with E-state index in [4.69, 9.17) is 9.47 Å². The Balaban J connectivity index is 1.70. The lowest BCUT2D eigenvalue weighted by atomic mass is 10.1. The summed E-state index contributed by atoms with van der Waals surface area (Å²) >= 11 is 0. The topological polar surface area (TPSA) is 126 Å². The number of esters is 1. The number of ether oxygens (including phenoxy) is 2. The Labute approximate surface area is 228 Å². The van der Waals surface area contributed by atoms with Gasteiger partial charge in [-0.1, -0.05) is 36.4 Å². The molecule has 3 aromatic carbocycles. The molecule has 12 heteroatoms. The molecule has 0 bridgehead atoms. The van der Waals surface area contributed by atoms with Gasteiger partial charge in [0.05, 0.1) is 7.11 Å². The molecule has 0 radical (unpaired) electrons. The van der Waals surface area contributed by atoms with Crippen LogP contribution in [0.3, 0.4) is 0 Å². The number of halogens is 1. The highest BCUT2D eigenvalue weighted by atomic mass is 19.1.